The quantitative estimate of drug-likeness (QED) is 0.245. The number of carbonyl (C=O) groups is 2. The number of hydrazone groups is 1. The van der Waals surface area contributed by atoms with Gasteiger partial charge in [0.2, 0.25) is 0 Å². The molecule has 0 atom stereocenters. The fourth-order valence-corrected chi connectivity index (χ4v) is 3.55. The minimum atomic E-state index is -0.526. The number of rotatable bonds is 9. The van der Waals surface area contributed by atoms with Crippen LogP contribution in [0.5, 0.6) is 5.75 Å². The molecule has 0 bridgehead atoms. The van der Waals surface area contributed by atoms with Gasteiger partial charge in [-0.25, -0.2) is 5.43 Å². The number of nitrogens with zero attached hydrogens (tertiary/aromatic N) is 2. The number of benzene rings is 2. The van der Waals surface area contributed by atoms with Gasteiger partial charge < -0.3 is 14.5 Å². The Morgan fingerprint density at radius 3 is 2.56 bits per heavy atom. The highest BCUT2D eigenvalue weighted by atomic mass is 79.9. The zero-order valence-corrected chi connectivity index (χ0v) is 19.9. The van der Waals surface area contributed by atoms with Gasteiger partial charge in [-0.1, -0.05) is 18.2 Å². The molecular weight excluding hydrogens is 508 g/mol. The van der Waals surface area contributed by atoms with Gasteiger partial charge in [0.05, 0.1) is 17.7 Å². The summed E-state index contributed by atoms with van der Waals surface area (Å²) in [6.45, 7) is 3.29. The van der Waals surface area contributed by atoms with E-state index in [0.717, 1.165) is 11.1 Å². The number of aryl methyl sites for hydroxylation is 2. The normalized spacial score (nSPS) is 10.8. The monoisotopic (exact) mass is 528 g/mol. The molecule has 0 saturated heterocycles. The van der Waals surface area contributed by atoms with Gasteiger partial charge >= 0.3 is 0 Å². The Labute approximate surface area is 203 Å². The second-order valence-corrected chi connectivity index (χ2v) is 8.06. The second-order valence-electron chi connectivity index (χ2n) is 7.20. The number of hydrogen-bond donors (Lipinski definition) is 2. The van der Waals surface area contributed by atoms with Crippen LogP contribution in [0.4, 0.5) is 5.69 Å². The zero-order chi connectivity index (χ0) is 24.7. The highest BCUT2D eigenvalue weighted by molar-refractivity contribution is 9.10. The van der Waals surface area contributed by atoms with E-state index in [9.17, 15) is 19.7 Å². The van der Waals surface area contributed by atoms with E-state index in [4.69, 9.17) is 9.15 Å². The largest absolute Gasteiger partial charge is 0.483 e. The number of furan rings is 1. The Bertz CT molecular complexity index is 1230. The highest BCUT2D eigenvalue weighted by Gasteiger charge is 2.13. The number of para-hydroxylation sites is 1. The molecule has 34 heavy (non-hydrogen) atoms. The van der Waals surface area contributed by atoms with Crippen LogP contribution in [-0.2, 0) is 9.59 Å². The Morgan fingerprint density at radius 1 is 1.15 bits per heavy atom. The number of nitro benzene ring substituents is 1. The van der Waals surface area contributed by atoms with Gasteiger partial charge in [-0.15, -0.1) is 0 Å². The lowest BCUT2D eigenvalue weighted by Gasteiger charge is -2.11. The molecule has 0 unspecified atom stereocenters. The van der Waals surface area contributed by atoms with Crippen molar-refractivity contribution in [2.45, 2.75) is 13.8 Å². The number of nitro groups is 1. The first kappa shape index (κ1) is 24.6. The maximum Gasteiger partial charge on any atom is 0.270 e. The number of carbonyl (C=O) groups excluding carboxylic acids is 2. The number of non-ortho nitro benzene ring substituents is 1. The minimum absolute atomic E-state index is 0.0457. The molecule has 2 aromatic carbocycles. The summed E-state index contributed by atoms with van der Waals surface area (Å²) in [5, 5.41) is 17.1. The molecule has 2 N–H and O–H groups in total. The maximum absolute atomic E-state index is 12.0. The van der Waals surface area contributed by atoms with Gasteiger partial charge in [-0.2, -0.15) is 5.10 Å². The predicted molar refractivity (Wildman–Crippen MR) is 129 cm³/mol. The Kier molecular flexibility index (Phi) is 8.14. The zero-order valence-electron chi connectivity index (χ0n) is 18.3. The Balaban J connectivity index is 1.46. The second kappa shape index (κ2) is 11.2. The van der Waals surface area contributed by atoms with E-state index in [0.29, 0.717) is 27.3 Å². The summed E-state index contributed by atoms with van der Waals surface area (Å²) in [5.41, 5.74) is 4.71. The third-order valence-corrected chi connectivity index (χ3v) is 5.30. The average molecular weight is 529 g/mol. The third kappa shape index (κ3) is 6.51. The van der Waals surface area contributed by atoms with E-state index >= 15 is 0 Å². The van der Waals surface area contributed by atoms with Crippen molar-refractivity contribution in [2.24, 2.45) is 5.10 Å². The van der Waals surface area contributed by atoms with Gasteiger partial charge in [0, 0.05) is 22.2 Å². The van der Waals surface area contributed by atoms with Gasteiger partial charge in [-0.3, -0.25) is 19.7 Å². The first-order chi connectivity index (χ1) is 16.2. The van der Waals surface area contributed by atoms with Crippen molar-refractivity contribution in [2.75, 3.05) is 13.2 Å². The lowest BCUT2D eigenvalue weighted by Crippen LogP contribution is -2.37. The number of ether oxygens (including phenoxy) is 1. The van der Waals surface area contributed by atoms with Crippen LogP contribution < -0.4 is 15.5 Å². The third-order valence-electron chi connectivity index (χ3n) is 4.64. The first-order valence-electron chi connectivity index (χ1n) is 10.1. The standard InChI is InChI=1S/C23H21BrN4O6/c1-14-4-3-5-15(2)23(14)33-13-22(30)25-12-21(29)27-26-11-17-7-9-20(34-17)18-8-6-16(28(31)32)10-19(18)24/h3-11H,12-13H2,1-2H3,(H,25,30)(H,27,29)/b26-11+. The molecule has 10 nitrogen and oxygen atoms in total. The summed E-state index contributed by atoms with van der Waals surface area (Å²) < 4.78 is 11.7. The van der Waals surface area contributed by atoms with Gasteiger partial charge in [0.1, 0.15) is 17.3 Å². The van der Waals surface area contributed by atoms with Crippen molar-refractivity contribution in [3.05, 3.63) is 80.0 Å². The smallest absolute Gasteiger partial charge is 0.270 e. The number of halogens is 1. The van der Waals surface area contributed by atoms with E-state index in [1.165, 1.54) is 18.3 Å². The fourth-order valence-electron chi connectivity index (χ4n) is 2.99. The molecular formula is C23H21BrN4O6. The van der Waals surface area contributed by atoms with Crippen molar-refractivity contribution in [1.82, 2.24) is 10.7 Å². The topological polar surface area (TPSA) is 136 Å². The highest BCUT2D eigenvalue weighted by Crippen LogP contribution is 2.32. The summed E-state index contributed by atoms with van der Waals surface area (Å²) in [7, 11) is 0. The van der Waals surface area contributed by atoms with Crippen LogP contribution in [0.2, 0.25) is 0 Å². The molecule has 2 amide bonds. The van der Waals surface area contributed by atoms with Crippen LogP contribution in [0.15, 0.2) is 62.5 Å². The lowest BCUT2D eigenvalue weighted by atomic mass is 10.1. The average Bonchev–Trinajstić information content (AvgIpc) is 3.25. The van der Waals surface area contributed by atoms with Crippen LogP contribution >= 0.6 is 15.9 Å². The van der Waals surface area contributed by atoms with E-state index in [1.807, 2.05) is 32.0 Å². The molecule has 11 heteroatoms. The van der Waals surface area contributed by atoms with Crippen molar-refractivity contribution < 1.29 is 23.7 Å². The molecule has 0 aliphatic heterocycles. The van der Waals surface area contributed by atoms with Crippen LogP contribution in [0, 0.1) is 24.0 Å². The summed E-state index contributed by atoms with van der Waals surface area (Å²) in [4.78, 5) is 34.2. The molecule has 3 rings (SSSR count). The molecule has 0 spiro atoms. The van der Waals surface area contributed by atoms with Crippen molar-refractivity contribution in [3.8, 4) is 17.1 Å². The van der Waals surface area contributed by atoms with Gasteiger partial charge in [0.25, 0.3) is 17.5 Å². The van der Waals surface area contributed by atoms with Crippen LogP contribution in [-0.4, -0.2) is 36.1 Å². The van der Waals surface area contributed by atoms with Crippen LogP contribution in [0.1, 0.15) is 16.9 Å². The fraction of sp³-hybridized carbons (Fsp3) is 0.174. The summed E-state index contributed by atoms with van der Waals surface area (Å²) in [5.74, 6) is 0.496. The van der Waals surface area contributed by atoms with Gasteiger partial charge in [-0.05, 0) is 59.1 Å². The molecule has 0 fully saturated rings. The minimum Gasteiger partial charge on any atom is -0.483 e. The number of hydrogen-bond acceptors (Lipinski definition) is 7. The number of nitrogens with one attached hydrogen (secondary N) is 2. The van der Waals surface area contributed by atoms with Crippen molar-refractivity contribution in [3.63, 3.8) is 0 Å². The van der Waals surface area contributed by atoms with E-state index in [1.54, 1.807) is 18.2 Å². The van der Waals surface area contributed by atoms with Crippen molar-refractivity contribution >= 4 is 39.6 Å². The van der Waals surface area contributed by atoms with E-state index in [-0.39, 0.29) is 18.8 Å². The predicted octanol–water partition coefficient (Wildman–Crippen LogP) is 3.88. The van der Waals surface area contributed by atoms with Crippen molar-refractivity contribution in [1.29, 1.82) is 0 Å². The molecule has 0 radical (unpaired) electrons. The van der Waals surface area contributed by atoms with E-state index < -0.39 is 16.7 Å². The molecule has 0 aliphatic carbocycles. The maximum atomic E-state index is 12.0. The SMILES string of the molecule is Cc1cccc(C)c1OCC(=O)NCC(=O)N/N=C/c1ccc(-c2ccc([N+](=O)[O-])cc2Br)o1. The first-order valence-corrected chi connectivity index (χ1v) is 10.9. The number of amides is 2. The summed E-state index contributed by atoms with van der Waals surface area (Å²) in [6.07, 6.45) is 1.30. The summed E-state index contributed by atoms with van der Waals surface area (Å²) in [6, 6.07) is 13.3. The van der Waals surface area contributed by atoms with E-state index in [2.05, 4.69) is 31.8 Å². The Hall–Kier alpha value is -3.99. The molecule has 0 aliphatic rings. The molecule has 176 valence electrons. The lowest BCUT2D eigenvalue weighted by molar-refractivity contribution is -0.384. The Morgan fingerprint density at radius 2 is 1.88 bits per heavy atom. The van der Waals surface area contributed by atoms with Crippen LogP contribution in [0.3, 0.4) is 0 Å². The van der Waals surface area contributed by atoms with Crippen LogP contribution in [0.25, 0.3) is 11.3 Å². The summed E-state index contributed by atoms with van der Waals surface area (Å²) >= 11 is 3.29. The molecule has 3 aromatic rings. The molecule has 1 aromatic heterocycles. The van der Waals surface area contributed by atoms with Gasteiger partial charge in [0.15, 0.2) is 6.61 Å². The molecule has 1 heterocycles. The molecule has 0 saturated carbocycles.